The molecule has 0 spiro atoms. The molecule has 0 aromatic carbocycles. The smallest absolute Gasteiger partial charge is 0.230 e. The minimum Gasteiger partial charge on any atom is -0.373 e. The average Bonchev–Trinajstić information content (AvgIpc) is 3.36. The molecule has 216 valence electrons. The molecular formula is C31H53N3O3S. The van der Waals surface area contributed by atoms with Gasteiger partial charge in [0.05, 0.1) is 24.5 Å². The van der Waals surface area contributed by atoms with Gasteiger partial charge in [0.25, 0.3) is 0 Å². The van der Waals surface area contributed by atoms with Crippen molar-refractivity contribution in [1.29, 1.82) is 0 Å². The number of allylic oxidation sites excluding steroid dienone is 1. The topological polar surface area (TPSA) is 79.8 Å². The molecule has 3 saturated carbocycles. The Labute approximate surface area is 232 Å². The van der Waals surface area contributed by atoms with Crippen molar-refractivity contribution in [2.75, 3.05) is 12.8 Å². The molecule has 11 atom stereocenters. The zero-order valence-corrected chi connectivity index (χ0v) is 25.7. The summed E-state index contributed by atoms with van der Waals surface area (Å²) < 4.78 is 32.5. The van der Waals surface area contributed by atoms with Crippen molar-refractivity contribution >= 4 is 15.9 Å². The molecule has 0 radical (unpaired) electrons. The van der Waals surface area contributed by atoms with Crippen molar-refractivity contribution < 1.29 is 13.2 Å². The summed E-state index contributed by atoms with van der Waals surface area (Å²) >= 11 is 0. The van der Waals surface area contributed by atoms with Crippen molar-refractivity contribution in [1.82, 2.24) is 10.0 Å². The predicted octanol–water partition coefficient (Wildman–Crippen LogP) is 5.69. The number of amidine groups is 1. The van der Waals surface area contributed by atoms with Crippen molar-refractivity contribution in [2.24, 2.45) is 45.9 Å². The van der Waals surface area contributed by atoms with E-state index in [9.17, 15) is 8.42 Å². The van der Waals surface area contributed by atoms with E-state index < -0.39 is 10.0 Å². The van der Waals surface area contributed by atoms with E-state index in [2.05, 4.69) is 44.7 Å². The quantitative estimate of drug-likeness (QED) is 0.263. The van der Waals surface area contributed by atoms with Crippen LogP contribution < -0.4 is 10.0 Å². The molecule has 6 nitrogen and oxygen atoms in total. The third-order valence-corrected chi connectivity index (χ3v) is 12.2. The van der Waals surface area contributed by atoms with E-state index in [1.165, 1.54) is 44.8 Å². The van der Waals surface area contributed by atoms with E-state index in [1.54, 1.807) is 18.1 Å². The van der Waals surface area contributed by atoms with E-state index in [4.69, 9.17) is 9.73 Å². The molecule has 0 unspecified atom stereocenters. The molecule has 2 heterocycles. The Morgan fingerprint density at radius 3 is 2.66 bits per heavy atom. The molecular weight excluding hydrogens is 494 g/mol. The first-order valence-corrected chi connectivity index (χ1v) is 17.4. The van der Waals surface area contributed by atoms with Crippen LogP contribution in [0.4, 0.5) is 0 Å². The molecule has 7 heteroatoms. The molecule has 0 aromatic heterocycles. The lowest BCUT2D eigenvalue weighted by molar-refractivity contribution is -0.0343. The maximum Gasteiger partial charge on any atom is 0.230 e. The summed E-state index contributed by atoms with van der Waals surface area (Å²) in [5.74, 6) is 4.81. The number of piperidine rings is 1. The summed E-state index contributed by atoms with van der Waals surface area (Å²) in [6, 6.07) is 0.760. The highest BCUT2D eigenvalue weighted by molar-refractivity contribution is 7.89. The first-order valence-electron chi connectivity index (χ1n) is 15.5. The van der Waals surface area contributed by atoms with Gasteiger partial charge in [-0.15, -0.1) is 0 Å². The third kappa shape index (κ3) is 5.50. The molecule has 0 amide bonds. The Bertz CT molecular complexity index is 1050. The second-order valence-electron chi connectivity index (χ2n) is 14.1. The van der Waals surface area contributed by atoms with Gasteiger partial charge in [-0.1, -0.05) is 38.8 Å². The van der Waals surface area contributed by atoms with Gasteiger partial charge in [0, 0.05) is 12.0 Å². The Morgan fingerprint density at radius 1 is 1.18 bits per heavy atom. The summed E-state index contributed by atoms with van der Waals surface area (Å²) in [5.41, 5.74) is 3.76. The number of ether oxygens (including phenoxy) is 1. The fourth-order valence-electron chi connectivity index (χ4n) is 9.66. The van der Waals surface area contributed by atoms with Gasteiger partial charge < -0.3 is 10.1 Å². The number of hydrogen-bond donors (Lipinski definition) is 2. The van der Waals surface area contributed by atoms with Gasteiger partial charge >= 0.3 is 0 Å². The van der Waals surface area contributed by atoms with Crippen LogP contribution in [-0.2, 0) is 14.8 Å². The number of sulfonamides is 1. The van der Waals surface area contributed by atoms with Crippen LogP contribution in [0.3, 0.4) is 0 Å². The van der Waals surface area contributed by atoms with Crippen molar-refractivity contribution in [3.8, 4) is 0 Å². The third-order valence-electron chi connectivity index (χ3n) is 11.6. The standard InChI is InChI=1S/C31H53N3O3S/c1-8-24-25-10-9-22-15-23(33-21(5)34-38(7,35)36)11-12-31(22,6)27(25)16-26(24)19(3)14-28-20(4)30-29(37-28)13-18(2)17-32-30/h18,20,22-25,27-30,32H,8-17H2,1-7H3,(H,33,34)/b26-19-/t18-,20-,22-,23+,24-,25-,27-,28-,29+,30-,31-/m0/s1. The molecule has 2 aliphatic heterocycles. The van der Waals surface area contributed by atoms with Gasteiger partial charge in [0.15, 0.2) is 0 Å². The van der Waals surface area contributed by atoms with Crippen LogP contribution in [0.15, 0.2) is 16.1 Å². The van der Waals surface area contributed by atoms with Gasteiger partial charge in [-0.25, -0.2) is 8.42 Å². The van der Waals surface area contributed by atoms with Crippen molar-refractivity contribution in [3.63, 3.8) is 0 Å². The van der Waals surface area contributed by atoms with Crippen molar-refractivity contribution in [3.05, 3.63) is 11.1 Å². The largest absolute Gasteiger partial charge is 0.373 e. The Hall–Kier alpha value is -0.920. The number of hydrogen-bond acceptors (Lipinski definition) is 5. The van der Waals surface area contributed by atoms with Gasteiger partial charge in [-0.05, 0) is 113 Å². The maximum atomic E-state index is 11.6. The monoisotopic (exact) mass is 547 g/mol. The highest BCUT2D eigenvalue weighted by Gasteiger charge is 2.55. The minimum atomic E-state index is -3.26. The van der Waals surface area contributed by atoms with Crippen molar-refractivity contribution in [2.45, 2.75) is 124 Å². The summed E-state index contributed by atoms with van der Waals surface area (Å²) in [7, 11) is -3.26. The first-order chi connectivity index (χ1) is 17.9. The zero-order valence-electron chi connectivity index (χ0n) is 24.9. The highest BCUT2D eigenvalue weighted by atomic mass is 32.2. The number of fused-ring (bicyclic) bond motifs is 4. The number of nitrogens with one attached hydrogen (secondary N) is 2. The molecule has 3 aliphatic carbocycles. The zero-order chi connectivity index (χ0) is 27.4. The van der Waals surface area contributed by atoms with Crippen LogP contribution in [0.2, 0.25) is 0 Å². The summed E-state index contributed by atoms with van der Waals surface area (Å²) in [6.45, 7) is 15.1. The lowest BCUT2D eigenvalue weighted by atomic mass is 9.52. The van der Waals surface area contributed by atoms with Crippen LogP contribution in [0, 0.1) is 40.9 Å². The molecule has 0 bridgehead atoms. The van der Waals surface area contributed by atoms with Crippen LogP contribution in [0.25, 0.3) is 0 Å². The van der Waals surface area contributed by atoms with Gasteiger partial charge in [0.2, 0.25) is 10.0 Å². The maximum absolute atomic E-state index is 11.6. The van der Waals surface area contributed by atoms with E-state index in [-0.39, 0.29) is 6.04 Å². The average molecular weight is 548 g/mol. The minimum absolute atomic E-state index is 0.236. The Balaban J connectivity index is 1.29. The molecule has 5 rings (SSSR count). The van der Waals surface area contributed by atoms with E-state index in [0.29, 0.717) is 47.3 Å². The summed E-state index contributed by atoms with van der Waals surface area (Å²) in [4.78, 5) is 4.80. The predicted molar refractivity (Wildman–Crippen MR) is 156 cm³/mol. The normalized spacial score (nSPS) is 46.8. The van der Waals surface area contributed by atoms with Crippen LogP contribution in [0.5, 0.6) is 0 Å². The van der Waals surface area contributed by atoms with E-state index in [0.717, 1.165) is 43.6 Å². The Kier molecular flexibility index (Phi) is 8.14. The summed E-state index contributed by atoms with van der Waals surface area (Å²) in [6.07, 6.45) is 12.7. The molecule has 0 aromatic rings. The van der Waals surface area contributed by atoms with Gasteiger partial charge in [0.1, 0.15) is 5.84 Å². The lowest BCUT2D eigenvalue weighted by Gasteiger charge is -2.53. The van der Waals surface area contributed by atoms with Crippen LogP contribution >= 0.6 is 0 Å². The number of rotatable bonds is 5. The van der Waals surface area contributed by atoms with Gasteiger partial charge in [-0.3, -0.25) is 9.71 Å². The highest BCUT2D eigenvalue weighted by Crippen LogP contribution is 2.63. The molecule has 5 fully saturated rings. The second kappa shape index (κ2) is 10.8. The first kappa shape index (κ1) is 28.6. The molecule has 2 saturated heterocycles. The van der Waals surface area contributed by atoms with E-state index >= 15 is 0 Å². The van der Waals surface area contributed by atoms with Crippen LogP contribution in [0.1, 0.15) is 99.3 Å². The second-order valence-corrected chi connectivity index (χ2v) is 15.9. The van der Waals surface area contributed by atoms with Crippen LogP contribution in [-0.4, -0.2) is 51.3 Å². The van der Waals surface area contributed by atoms with E-state index in [1.807, 2.05) is 0 Å². The number of nitrogens with zero attached hydrogens (tertiary/aromatic N) is 1. The lowest BCUT2D eigenvalue weighted by Crippen LogP contribution is -2.48. The fourth-order valence-corrected chi connectivity index (χ4v) is 10.3. The number of aliphatic imine (C=N–C) groups is 1. The summed E-state index contributed by atoms with van der Waals surface area (Å²) in [5, 5.41) is 3.79. The fraction of sp³-hybridized carbons (Fsp3) is 0.903. The Morgan fingerprint density at radius 2 is 1.95 bits per heavy atom. The van der Waals surface area contributed by atoms with Gasteiger partial charge in [-0.2, -0.15) is 0 Å². The molecule has 5 aliphatic rings. The SMILES string of the molecule is CC[C@@H]1/C(=C(/C)C[C@@H]2O[C@@H]3C[C@H](C)CN[C@H]3[C@H]2C)C[C@H]2[C@H]1CC[C@H]1C[C@H](N=C(C)NS(C)(=O)=O)CC[C@@]12C. The molecule has 38 heavy (non-hydrogen) atoms. The molecule has 2 N–H and O–H groups in total.